The number of rotatable bonds is 8. The van der Waals surface area contributed by atoms with Gasteiger partial charge < -0.3 is 29.9 Å². The van der Waals surface area contributed by atoms with Crippen molar-refractivity contribution < 1.29 is 9.47 Å². The van der Waals surface area contributed by atoms with Crippen LogP contribution < -0.4 is 20.4 Å². The van der Waals surface area contributed by atoms with Crippen LogP contribution in [0.2, 0.25) is 0 Å². The van der Waals surface area contributed by atoms with Crippen LogP contribution in [0.1, 0.15) is 17.2 Å². The summed E-state index contributed by atoms with van der Waals surface area (Å²) in [6, 6.07) is 33.6. The van der Waals surface area contributed by atoms with E-state index in [0.717, 1.165) is 110 Å². The molecule has 59 heavy (non-hydrogen) atoms. The van der Waals surface area contributed by atoms with Crippen molar-refractivity contribution in [3.05, 3.63) is 121 Å². The minimum atomic E-state index is -0.245. The summed E-state index contributed by atoms with van der Waals surface area (Å²) in [6.07, 6.45) is 5.43. The smallest absolute Gasteiger partial charge is 0.240 e. The molecular formula is C45H38N12O2. The van der Waals surface area contributed by atoms with Gasteiger partial charge in [-0.2, -0.15) is 4.98 Å². The number of hydrogen-bond acceptors (Lipinski definition) is 12. The number of para-hydroxylation sites is 2. The Morgan fingerprint density at radius 2 is 1.24 bits per heavy atom. The molecule has 0 spiro atoms. The molecule has 0 amide bonds. The summed E-state index contributed by atoms with van der Waals surface area (Å²) in [5, 5.41) is 9.37. The van der Waals surface area contributed by atoms with Crippen molar-refractivity contribution in [3.8, 4) is 5.82 Å². The zero-order chi connectivity index (χ0) is 38.9. The first-order valence-corrected chi connectivity index (χ1v) is 20.0. The largest absolute Gasteiger partial charge is 0.378 e. The molecule has 3 aliphatic heterocycles. The average Bonchev–Trinajstić information content (AvgIpc) is 4.05. The van der Waals surface area contributed by atoms with Crippen LogP contribution in [0.25, 0.3) is 44.7 Å². The van der Waals surface area contributed by atoms with Crippen LogP contribution in [0.5, 0.6) is 0 Å². The fourth-order valence-electron chi connectivity index (χ4n) is 8.88. The van der Waals surface area contributed by atoms with Crippen molar-refractivity contribution in [3.63, 3.8) is 0 Å². The molecule has 4 aromatic heterocycles. The van der Waals surface area contributed by atoms with Gasteiger partial charge in [0.25, 0.3) is 0 Å². The first-order valence-electron chi connectivity index (χ1n) is 20.0. The second-order valence-electron chi connectivity index (χ2n) is 15.1. The minimum Gasteiger partial charge on any atom is -0.378 e. The zero-order valence-electron chi connectivity index (χ0n) is 32.0. The first kappa shape index (κ1) is 33.9. The summed E-state index contributed by atoms with van der Waals surface area (Å²) in [4.78, 5) is 34.6. The van der Waals surface area contributed by atoms with E-state index >= 15 is 0 Å². The van der Waals surface area contributed by atoms with Crippen molar-refractivity contribution in [1.82, 2.24) is 33.9 Å². The number of fused-ring (bicyclic) bond motifs is 2. The van der Waals surface area contributed by atoms with Crippen LogP contribution in [0, 0.1) is 0 Å². The highest BCUT2D eigenvalue weighted by Crippen LogP contribution is 2.47. The van der Waals surface area contributed by atoms with Gasteiger partial charge in [-0.3, -0.25) is 9.56 Å². The molecule has 14 heteroatoms. The molecular weight excluding hydrogens is 741 g/mol. The Morgan fingerprint density at radius 1 is 0.610 bits per heavy atom. The number of nitrogens with one attached hydrogen (secondary N) is 2. The minimum absolute atomic E-state index is 0.245. The number of nitrogens with zero attached hydrogens (tertiary/aromatic N) is 10. The average molecular weight is 779 g/mol. The van der Waals surface area contributed by atoms with Gasteiger partial charge in [-0.05, 0) is 54.6 Å². The number of aromatic nitrogens is 7. The van der Waals surface area contributed by atoms with E-state index in [1.54, 1.807) is 6.33 Å². The quantitative estimate of drug-likeness (QED) is 0.158. The third kappa shape index (κ3) is 5.70. The topological polar surface area (TPSA) is 135 Å². The molecule has 0 aliphatic carbocycles. The van der Waals surface area contributed by atoms with Crippen molar-refractivity contribution >= 4 is 84.9 Å². The molecule has 14 nitrogen and oxygen atoms in total. The highest BCUT2D eigenvalue weighted by molar-refractivity contribution is 6.07. The van der Waals surface area contributed by atoms with Crippen LogP contribution in [-0.4, -0.2) is 92.7 Å². The lowest BCUT2D eigenvalue weighted by molar-refractivity contribution is 0.122. The van der Waals surface area contributed by atoms with E-state index < -0.39 is 0 Å². The molecule has 3 aliphatic rings. The third-order valence-corrected chi connectivity index (χ3v) is 11.7. The van der Waals surface area contributed by atoms with Gasteiger partial charge in [-0.1, -0.05) is 42.5 Å². The monoisotopic (exact) mass is 778 g/mol. The van der Waals surface area contributed by atoms with Crippen LogP contribution in [0.15, 0.2) is 115 Å². The molecule has 290 valence electrons. The summed E-state index contributed by atoms with van der Waals surface area (Å²) >= 11 is 0. The summed E-state index contributed by atoms with van der Waals surface area (Å²) < 4.78 is 15.4. The molecule has 0 bridgehead atoms. The maximum absolute atomic E-state index is 5.69. The molecule has 12 rings (SSSR count). The molecule has 0 radical (unpaired) electrons. The second kappa shape index (κ2) is 13.7. The second-order valence-corrected chi connectivity index (χ2v) is 15.1. The molecule has 7 heterocycles. The Labute approximate surface area is 338 Å². The van der Waals surface area contributed by atoms with Gasteiger partial charge >= 0.3 is 0 Å². The number of hydrogen-bond donors (Lipinski definition) is 2. The Balaban J connectivity index is 1.03. The summed E-state index contributed by atoms with van der Waals surface area (Å²) in [6.45, 7) is 6.07. The van der Waals surface area contributed by atoms with Gasteiger partial charge in [0.05, 0.1) is 66.0 Å². The predicted molar refractivity (Wildman–Crippen MR) is 231 cm³/mol. The predicted octanol–water partition coefficient (Wildman–Crippen LogP) is 7.61. The lowest BCUT2D eigenvalue weighted by atomic mass is 9.93. The van der Waals surface area contributed by atoms with Gasteiger partial charge in [0.1, 0.15) is 12.7 Å². The van der Waals surface area contributed by atoms with E-state index in [0.29, 0.717) is 38.0 Å². The van der Waals surface area contributed by atoms with Gasteiger partial charge in [-0.25, -0.2) is 24.3 Å². The van der Waals surface area contributed by atoms with E-state index in [4.69, 9.17) is 39.4 Å². The maximum Gasteiger partial charge on any atom is 0.240 e. The molecule has 2 saturated heterocycles. The Hall–Kier alpha value is -7.16. The molecule has 1 unspecified atom stereocenters. The highest BCUT2D eigenvalue weighted by Gasteiger charge is 2.31. The Bertz CT molecular complexity index is 3040. The molecule has 9 aromatic rings. The van der Waals surface area contributed by atoms with Gasteiger partial charge in [0.2, 0.25) is 11.6 Å². The van der Waals surface area contributed by atoms with E-state index in [9.17, 15) is 0 Å². The number of anilines is 6. The van der Waals surface area contributed by atoms with Crippen LogP contribution in [-0.2, 0) is 9.47 Å². The van der Waals surface area contributed by atoms with Crippen LogP contribution in [0.4, 0.5) is 39.8 Å². The van der Waals surface area contributed by atoms with E-state index in [2.05, 4.69) is 85.7 Å². The third-order valence-electron chi connectivity index (χ3n) is 11.7. The van der Waals surface area contributed by atoms with Crippen molar-refractivity contribution in [2.75, 3.05) is 73.0 Å². The maximum atomic E-state index is 5.69. The molecule has 5 aromatic carbocycles. The first-order chi connectivity index (χ1) is 29.2. The number of benzene rings is 4. The molecule has 2 N–H and O–H groups in total. The molecule has 0 saturated carbocycles. The fraction of sp³-hybridized carbons (Fsp3) is 0.200. The lowest BCUT2D eigenvalue weighted by Gasteiger charge is -2.30. The number of morpholine rings is 2. The van der Waals surface area contributed by atoms with Gasteiger partial charge in [0.15, 0.2) is 5.82 Å². The van der Waals surface area contributed by atoms with Crippen molar-refractivity contribution in [2.24, 2.45) is 4.99 Å². The Kier molecular flexibility index (Phi) is 7.91. The highest BCUT2D eigenvalue weighted by atomic mass is 16.5. The number of ether oxygens (including phenoxy) is 2. The van der Waals surface area contributed by atoms with Gasteiger partial charge in [0, 0.05) is 77.2 Å². The van der Waals surface area contributed by atoms with E-state index in [1.807, 2.05) is 53.3 Å². The SMILES string of the molecule is C1=Nc2cc(N3CCOCC3)cc(Nc3ccccc3)c2C1c1nc2ncnc3nc(-n4cnc5cc(N6CCOCC6)cc(Nc6ccccc6)c54)c4ccc1c4n23. The summed E-state index contributed by atoms with van der Waals surface area (Å²) in [5.41, 5.74) is 11.7. The molecule has 1 atom stereocenters. The molecule has 2 fully saturated rings. The zero-order valence-corrected chi connectivity index (χ0v) is 32.0. The standard InChI is InChI=1S/C45H38N12O2/c1-3-7-28(8-4-1)50-36-22-30(54-13-17-58-18-14-54)21-35-39(36)34(25-46-35)40-32-11-12-33-41(32)57-44(52-40)47-26-48-45(57)53-43(33)56-27-49-37-23-31(55-15-19-59-20-16-55)24-38(42(37)56)51-29-9-5-2-6-10-29/h1-12,21-27,34,50-51H,13-20H2. The van der Waals surface area contributed by atoms with Gasteiger partial charge in [-0.15, -0.1) is 0 Å². The van der Waals surface area contributed by atoms with Crippen LogP contribution >= 0.6 is 0 Å². The summed E-state index contributed by atoms with van der Waals surface area (Å²) in [5.74, 6) is 1.50. The van der Waals surface area contributed by atoms with Crippen molar-refractivity contribution in [1.29, 1.82) is 0 Å². The van der Waals surface area contributed by atoms with E-state index in [-0.39, 0.29) is 5.92 Å². The Morgan fingerprint density at radius 3 is 1.95 bits per heavy atom. The number of aliphatic imine (C=N–C) groups is 1. The van der Waals surface area contributed by atoms with Crippen LogP contribution in [0.3, 0.4) is 0 Å². The number of imidazole rings is 1. The normalized spacial score (nSPS) is 16.8. The lowest BCUT2D eigenvalue weighted by Crippen LogP contribution is -2.36. The van der Waals surface area contributed by atoms with Crippen molar-refractivity contribution in [2.45, 2.75) is 5.92 Å². The fourth-order valence-corrected chi connectivity index (χ4v) is 8.88. The van der Waals surface area contributed by atoms with E-state index in [1.165, 1.54) is 0 Å². The summed E-state index contributed by atoms with van der Waals surface area (Å²) in [7, 11) is 0.